The number of hydrogen-bond acceptors (Lipinski definition) is 2. The monoisotopic (exact) mass is 173 g/mol. The zero-order chi connectivity index (χ0) is 8.67. The van der Waals surface area contributed by atoms with Gasteiger partial charge in [0, 0.05) is 18.7 Å². The minimum atomic E-state index is 0.763. The van der Waals surface area contributed by atoms with E-state index in [2.05, 4.69) is 17.4 Å². The fourth-order valence-corrected chi connectivity index (χ4v) is 2.00. The first-order chi connectivity index (χ1) is 6.45. The second-order valence-electron chi connectivity index (χ2n) is 3.47. The van der Waals surface area contributed by atoms with E-state index in [-0.39, 0.29) is 0 Å². The van der Waals surface area contributed by atoms with Crippen molar-refractivity contribution in [3.63, 3.8) is 0 Å². The van der Waals surface area contributed by atoms with Gasteiger partial charge in [-0.25, -0.2) is 0 Å². The van der Waals surface area contributed by atoms with Crippen molar-refractivity contribution in [1.29, 1.82) is 0 Å². The highest BCUT2D eigenvalue weighted by atomic mass is 16.5. The van der Waals surface area contributed by atoms with Crippen molar-refractivity contribution >= 4 is 5.57 Å². The van der Waals surface area contributed by atoms with Crippen LogP contribution in [0.3, 0.4) is 0 Å². The first kappa shape index (κ1) is 7.15. The lowest BCUT2D eigenvalue weighted by Gasteiger charge is -2.18. The normalized spacial score (nSPS) is 19.4. The Morgan fingerprint density at radius 1 is 1.15 bits per heavy atom. The van der Waals surface area contributed by atoms with E-state index < -0.39 is 0 Å². The Hall–Kier alpha value is -1.28. The van der Waals surface area contributed by atoms with Gasteiger partial charge in [0.1, 0.15) is 12.4 Å². The van der Waals surface area contributed by atoms with Crippen molar-refractivity contribution in [3.8, 4) is 5.75 Å². The third kappa shape index (κ3) is 0.988. The van der Waals surface area contributed by atoms with Crippen molar-refractivity contribution in [2.45, 2.75) is 0 Å². The van der Waals surface area contributed by atoms with Gasteiger partial charge in [-0.15, -0.1) is 0 Å². The molecule has 0 saturated carbocycles. The van der Waals surface area contributed by atoms with Gasteiger partial charge in [-0.3, -0.25) is 0 Å². The third-order valence-electron chi connectivity index (χ3n) is 2.68. The molecular formula is C11H11NO. The van der Waals surface area contributed by atoms with Crippen molar-refractivity contribution < 1.29 is 4.74 Å². The van der Waals surface area contributed by atoms with Crippen LogP contribution in [0.2, 0.25) is 0 Å². The maximum atomic E-state index is 5.64. The predicted molar refractivity (Wildman–Crippen MR) is 51.7 cm³/mol. The highest BCUT2D eigenvalue weighted by molar-refractivity contribution is 5.77. The Kier molecular flexibility index (Phi) is 1.43. The Balaban J connectivity index is 2.18. The van der Waals surface area contributed by atoms with Gasteiger partial charge in [0.05, 0.1) is 0 Å². The molecule has 3 rings (SSSR count). The molecule has 0 unspecified atom stereocenters. The van der Waals surface area contributed by atoms with E-state index in [1.165, 1.54) is 16.7 Å². The van der Waals surface area contributed by atoms with Crippen molar-refractivity contribution in [3.05, 3.63) is 35.4 Å². The topological polar surface area (TPSA) is 21.3 Å². The molecule has 0 aromatic heterocycles. The molecule has 0 spiro atoms. The average molecular weight is 173 g/mol. The van der Waals surface area contributed by atoms with E-state index in [4.69, 9.17) is 4.74 Å². The third-order valence-corrected chi connectivity index (χ3v) is 2.68. The summed E-state index contributed by atoms with van der Waals surface area (Å²) in [5, 5.41) is 3.35. The second kappa shape index (κ2) is 2.60. The highest BCUT2D eigenvalue weighted by Crippen LogP contribution is 2.33. The molecule has 1 aromatic carbocycles. The second-order valence-corrected chi connectivity index (χ2v) is 3.47. The lowest BCUT2D eigenvalue weighted by molar-refractivity contribution is 0.345. The smallest absolute Gasteiger partial charge is 0.127 e. The Labute approximate surface area is 77.2 Å². The van der Waals surface area contributed by atoms with Gasteiger partial charge in [-0.1, -0.05) is 18.2 Å². The van der Waals surface area contributed by atoms with E-state index in [9.17, 15) is 0 Å². The van der Waals surface area contributed by atoms with Gasteiger partial charge < -0.3 is 10.1 Å². The van der Waals surface area contributed by atoms with Crippen LogP contribution in [0.4, 0.5) is 0 Å². The van der Waals surface area contributed by atoms with Crippen LogP contribution in [-0.2, 0) is 0 Å². The van der Waals surface area contributed by atoms with Gasteiger partial charge >= 0.3 is 0 Å². The molecule has 2 nitrogen and oxygen atoms in total. The molecular weight excluding hydrogens is 162 g/mol. The molecule has 1 aromatic rings. The van der Waals surface area contributed by atoms with Gasteiger partial charge in [-0.05, 0) is 17.2 Å². The fraction of sp³-hybridized carbons (Fsp3) is 0.273. The van der Waals surface area contributed by atoms with Crippen LogP contribution in [0.15, 0.2) is 29.8 Å². The average Bonchev–Trinajstić information content (AvgIpc) is 2.65. The van der Waals surface area contributed by atoms with Crippen molar-refractivity contribution in [1.82, 2.24) is 5.32 Å². The number of hydrogen-bond donors (Lipinski definition) is 1. The first-order valence-corrected chi connectivity index (χ1v) is 4.59. The zero-order valence-corrected chi connectivity index (χ0v) is 7.34. The molecule has 2 heteroatoms. The van der Waals surface area contributed by atoms with E-state index in [0.717, 1.165) is 25.4 Å². The van der Waals surface area contributed by atoms with Crippen LogP contribution in [0.5, 0.6) is 5.75 Å². The summed E-state index contributed by atoms with van der Waals surface area (Å²) >= 11 is 0. The van der Waals surface area contributed by atoms with E-state index in [1.807, 2.05) is 12.1 Å². The van der Waals surface area contributed by atoms with Gasteiger partial charge in [0.2, 0.25) is 0 Å². The Morgan fingerprint density at radius 3 is 3.08 bits per heavy atom. The molecule has 1 N–H and O–H groups in total. The number of nitrogens with one attached hydrogen (secondary N) is 1. The standard InChI is InChI=1S/C11H11NO/c1-2-4-11-9(3-1)10-6-12-5-8(10)7-13-11/h1-4,12H,5-7H2. The van der Waals surface area contributed by atoms with E-state index >= 15 is 0 Å². The molecule has 13 heavy (non-hydrogen) atoms. The maximum absolute atomic E-state index is 5.64. The van der Waals surface area contributed by atoms with Crippen LogP contribution in [-0.4, -0.2) is 19.7 Å². The molecule has 2 aliphatic heterocycles. The van der Waals surface area contributed by atoms with Crippen LogP contribution in [0.1, 0.15) is 5.56 Å². The van der Waals surface area contributed by atoms with Crippen molar-refractivity contribution in [2.75, 3.05) is 19.7 Å². The Morgan fingerprint density at radius 2 is 2.08 bits per heavy atom. The van der Waals surface area contributed by atoms with Crippen LogP contribution in [0, 0.1) is 0 Å². The number of rotatable bonds is 0. The molecule has 0 saturated heterocycles. The SMILES string of the molecule is c1ccc2c(c1)OCC1=C2CNC1. The van der Waals surface area contributed by atoms with E-state index in [0.29, 0.717) is 0 Å². The molecule has 0 radical (unpaired) electrons. The van der Waals surface area contributed by atoms with E-state index in [1.54, 1.807) is 0 Å². The zero-order valence-electron chi connectivity index (χ0n) is 7.34. The molecule has 2 aliphatic rings. The summed E-state index contributed by atoms with van der Waals surface area (Å²) < 4.78 is 5.64. The Bertz CT molecular complexity index is 381. The predicted octanol–water partition coefficient (Wildman–Crippen LogP) is 1.44. The highest BCUT2D eigenvalue weighted by Gasteiger charge is 2.22. The van der Waals surface area contributed by atoms with Crippen LogP contribution in [0.25, 0.3) is 5.57 Å². The van der Waals surface area contributed by atoms with Crippen LogP contribution < -0.4 is 10.1 Å². The summed E-state index contributed by atoms with van der Waals surface area (Å²) in [4.78, 5) is 0. The summed E-state index contributed by atoms with van der Waals surface area (Å²) in [6.45, 7) is 2.75. The number of para-hydroxylation sites is 1. The molecule has 2 heterocycles. The molecule has 66 valence electrons. The molecule has 0 bridgehead atoms. The lowest BCUT2D eigenvalue weighted by Crippen LogP contribution is -2.11. The summed E-state index contributed by atoms with van der Waals surface area (Å²) in [6, 6.07) is 8.26. The largest absolute Gasteiger partial charge is 0.489 e. The minimum absolute atomic E-state index is 0.763. The van der Waals surface area contributed by atoms with Crippen LogP contribution >= 0.6 is 0 Å². The summed E-state index contributed by atoms with van der Waals surface area (Å²) in [5.41, 5.74) is 4.13. The number of benzene rings is 1. The fourth-order valence-electron chi connectivity index (χ4n) is 2.00. The first-order valence-electron chi connectivity index (χ1n) is 4.59. The van der Waals surface area contributed by atoms with Gasteiger partial charge in [-0.2, -0.15) is 0 Å². The molecule has 0 atom stereocenters. The maximum Gasteiger partial charge on any atom is 0.127 e. The molecule has 0 aliphatic carbocycles. The minimum Gasteiger partial charge on any atom is -0.489 e. The van der Waals surface area contributed by atoms with Gasteiger partial charge in [0.25, 0.3) is 0 Å². The summed E-state index contributed by atoms with van der Waals surface area (Å²) in [6.07, 6.45) is 0. The molecule has 0 fully saturated rings. The number of fused-ring (bicyclic) bond motifs is 2. The van der Waals surface area contributed by atoms with Crippen molar-refractivity contribution in [2.24, 2.45) is 0 Å². The van der Waals surface area contributed by atoms with Gasteiger partial charge in [0.15, 0.2) is 0 Å². The quantitative estimate of drug-likeness (QED) is 0.641. The lowest BCUT2D eigenvalue weighted by atomic mass is 10.00. The molecule has 0 amide bonds. The number of ether oxygens (including phenoxy) is 1. The summed E-state index contributed by atoms with van der Waals surface area (Å²) in [5.74, 6) is 1.03. The summed E-state index contributed by atoms with van der Waals surface area (Å²) in [7, 11) is 0.